The van der Waals surface area contributed by atoms with Gasteiger partial charge in [0.25, 0.3) is 5.91 Å². The van der Waals surface area contributed by atoms with E-state index in [1.807, 2.05) is 109 Å². The molecule has 1 unspecified atom stereocenters. The first-order valence-corrected chi connectivity index (χ1v) is 13.6. The molecule has 6 heteroatoms. The van der Waals surface area contributed by atoms with E-state index in [-0.39, 0.29) is 17.9 Å². The van der Waals surface area contributed by atoms with Gasteiger partial charge in [0.05, 0.1) is 22.2 Å². The highest BCUT2D eigenvalue weighted by Gasteiger charge is 2.44. The molecule has 1 saturated heterocycles. The zero-order valence-electron chi connectivity index (χ0n) is 21.2. The van der Waals surface area contributed by atoms with Crippen molar-refractivity contribution < 1.29 is 9.59 Å². The smallest absolute Gasteiger partial charge is 0.253 e. The summed E-state index contributed by atoms with van der Waals surface area (Å²) in [4.78, 5) is 33.6. The maximum absolute atomic E-state index is 13.8. The summed E-state index contributed by atoms with van der Waals surface area (Å²) in [7, 11) is 0. The van der Waals surface area contributed by atoms with E-state index >= 15 is 0 Å². The van der Waals surface area contributed by atoms with Gasteiger partial charge in [-0.15, -0.1) is 11.3 Å². The van der Waals surface area contributed by atoms with Crippen LogP contribution in [0, 0.1) is 6.92 Å². The first-order valence-electron chi connectivity index (χ1n) is 12.7. The number of likely N-dealkylation sites (tertiary alicyclic amines) is 1. The molecule has 1 N–H and O–H groups in total. The van der Waals surface area contributed by atoms with Crippen LogP contribution in [0.15, 0.2) is 90.3 Å². The minimum atomic E-state index is -0.673. The third-order valence-corrected chi connectivity index (χ3v) is 8.13. The Kier molecular flexibility index (Phi) is 7.19. The van der Waals surface area contributed by atoms with Crippen molar-refractivity contribution >= 4 is 23.2 Å². The number of piperidine rings is 1. The normalized spacial score (nSPS) is 15.7. The van der Waals surface area contributed by atoms with E-state index in [1.54, 1.807) is 11.3 Å². The van der Waals surface area contributed by atoms with E-state index in [1.165, 1.54) is 0 Å². The Morgan fingerprint density at radius 2 is 1.54 bits per heavy atom. The number of carbonyl (C=O) groups excluding carboxylic acids is 2. The number of amides is 2. The fraction of sp³-hybridized carbons (Fsp3) is 0.258. The maximum atomic E-state index is 13.8. The average molecular weight is 510 g/mol. The zero-order chi connectivity index (χ0) is 25.8. The second-order valence-electron chi connectivity index (χ2n) is 9.68. The Labute approximate surface area is 222 Å². The SMILES string of the molecule is Cc1nc(-c2ccc(C(=O)N3CCC(C(=O)NC(C)c4ccccc4)(c4ccccc4)CC3)cc2)cs1. The lowest BCUT2D eigenvalue weighted by atomic mass is 9.71. The number of benzene rings is 3. The first kappa shape index (κ1) is 24.9. The number of nitrogens with one attached hydrogen (secondary N) is 1. The first-order chi connectivity index (χ1) is 18.0. The number of hydrogen-bond donors (Lipinski definition) is 1. The van der Waals surface area contributed by atoms with Crippen molar-refractivity contribution in [2.75, 3.05) is 13.1 Å². The monoisotopic (exact) mass is 509 g/mol. The molecular weight excluding hydrogens is 478 g/mol. The highest BCUT2D eigenvalue weighted by Crippen LogP contribution is 2.37. The summed E-state index contributed by atoms with van der Waals surface area (Å²) >= 11 is 1.62. The van der Waals surface area contributed by atoms with Crippen molar-refractivity contribution in [3.63, 3.8) is 0 Å². The molecule has 1 aliphatic rings. The van der Waals surface area contributed by atoms with Gasteiger partial charge in [-0.1, -0.05) is 72.8 Å². The Hall–Kier alpha value is -3.77. The Bertz CT molecular complexity index is 1360. The van der Waals surface area contributed by atoms with Gasteiger partial charge < -0.3 is 10.2 Å². The fourth-order valence-corrected chi connectivity index (χ4v) is 5.74. The van der Waals surface area contributed by atoms with E-state index in [2.05, 4.69) is 10.3 Å². The zero-order valence-corrected chi connectivity index (χ0v) is 22.0. The summed E-state index contributed by atoms with van der Waals surface area (Å²) in [6.45, 7) is 5.05. The molecule has 0 radical (unpaired) electrons. The van der Waals surface area contributed by atoms with Crippen LogP contribution in [-0.4, -0.2) is 34.8 Å². The van der Waals surface area contributed by atoms with Crippen LogP contribution in [-0.2, 0) is 10.2 Å². The van der Waals surface area contributed by atoms with Gasteiger partial charge in [0.2, 0.25) is 5.91 Å². The molecule has 37 heavy (non-hydrogen) atoms. The predicted octanol–water partition coefficient (Wildman–Crippen LogP) is 6.17. The molecule has 1 aliphatic heterocycles. The van der Waals surface area contributed by atoms with Crippen molar-refractivity contribution in [2.24, 2.45) is 0 Å². The molecule has 0 aliphatic carbocycles. The number of carbonyl (C=O) groups is 2. The number of aryl methyl sites for hydroxylation is 1. The van der Waals surface area contributed by atoms with Crippen LogP contribution >= 0.6 is 11.3 Å². The van der Waals surface area contributed by atoms with Crippen molar-refractivity contribution in [3.8, 4) is 11.3 Å². The maximum Gasteiger partial charge on any atom is 0.253 e. The molecule has 1 aromatic heterocycles. The van der Waals surface area contributed by atoms with Gasteiger partial charge in [0.15, 0.2) is 0 Å². The quantitative estimate of drug-likeness (QED) is 0.338. The largest absolute Gasteiger partial charge is 0.349 e. The molecule has 2 amide bonds. The van der Waals surface area contributed by atoms with Crippen LogP contribution in [0.4, 0.5) is 0 Å². The number of nitrogens with zero attached hydrogens (tertiary/aromatic N) is 2. The van der Waals surface area contributed by atoms with Gasteiger partial charge in [0.1, 0.15) is 0 Å². The predicted molar refractivity (Wildman–Crippen MR) is 149 cm³/mol. The van der Waals surface area contributed by atoms with Gasteiger partial charge in [-0.25, -0.2) is 4.98 Å². The molecule has 5 rings (SSSR count). The van der Waals surface area contributed by atoms with Crippen LogP contribution < -0.4 is 5.32 Å². The number of thiazole rings is 1. The number of hydrogen-bond acceptors (Lipinski definition) is 4. The van der Waals surface area contributed by atoms with Gasteiger partial charge in [-0.3, -0.25) is 9.59 Å². The van der Waals surface area contributed by atoms with Crippen molar-refractivity contribution in [1.29, 1.82) is 0 Å². The molecule has 188 valence electrons. The fourth-order valence-electron chi connectivity index (χ4n) is 5.12. The third kappa shape index (κ3) is 5.20. The summed E-state index contributed by atoms with van der Waals surface area (Å²) < 4.78 is 0. The van der Waals surface area contributed by atoms with Crippen molar-refractivity contribution in [2.45, 2.75) is 38.1 Å². The molecule has 3 aromatic carbocycles. The van der Waals surface area contributed by atoms with Gasteiger partial charge in [-0.2, -0.15) is 0 Å². The molecule has 5 nitrogen and oxygen atoms in total. The molecular formula is C31H31N3O2S. The molecule has 1 atom stereocenters. The second-order valence-corrected chi connectivity index (χ2v) is 10.7. The molecule has 0 spiro atoms. The van der Waals surface area contributed by atoms with E-state index in [0.29, 0.717) is 31.5 Å². The van der Waals surface area contributed by atoms with Gasteiger partial charge >= 0.3 is 0 Å². The average Bonchev–Trinajstić information content (AvgIpc) is 3.40. The van der Waals surface area contributed by atoms with E-state index < -0.39 is 5.41 Å². The number of aromatic nitrogens is 1. The molecule has 2 heterocycles. The van der Waals surface area contributed by atoms with Crippen LogP contribution in [0.5, 0.6) is 0 Å². The second kappa shape index (κ2) is 10.7. The van der Waals surface area contributed by atoms with E-state index in [0.717, 1.165) is 27.4 Å². The van der Waals surface area contributed by atoms with Gasteiger partial charge in [0, 0.05) is 29.6 Å². The van der Waals surface area contributed by atoms with Crippen LogP contribution in [0.1, 0.15) is 52.3 Å². The van der Waals surface area contributed by atoms with Crippen LogP contribution in [0.2, 0.25) is 0 Å². The Balaban J connectivity index is 1.31. The lowest BCUT2D eigenvalue weighted by molar-refractivity contribution is -0.129. The summed E-state index contributed by atoms with van der Waals surface area (Å²) in [6.07, 6.45) is 1.15. The van der Waals surface area contributed by atoms with Crippen molar-refractivity contribution in [3.05, 3.63) is 112 Å². The highest BCUT2D eigenvalue weighted by molar-refractivity contribution is 7.09. The minimum absolute atomic E-state index is 0.000678. The third-order valence-electron chi connectivity index (χ3n) is 7.36. The topological polar surface area (TPSA) is 62.3 Å². The summed E-state index contributed by atoms with van der Waals surface area (Å²) in [6, 6.07) is 27.6. The summed E-state index contributed by atoms with van der Waals surface area (Å²) in [5, 5.41) is 6.31. The van der Waals surface area contributed by atoms with E-state index in [4.69, 9.17) is 0 Å². The Morgan fingerprint density at radius 3 is 2.14 bits per heavy atom. The highest BCUT2D eigenvalue weighted by atomic mass is 32.1. The summed E-state index contributed by atoms with van der Waals surface area (Å²) in [5.41, 5.74) is 4.00. The molecule has 0 bridgehead atoms. The molecule has 4 aromatic rings. The van der Waals surface area contributed by atoms with E-state index in [9.17, 15) is 9.59 Å². The Morgan fingerprint density at radius 1 is 0.919 bits per heavy atom. The van der Waals surface area contributed by atoms with Crippen LogP contribution in [0.25, 0.3) is 11.3 Å². The number of rotatable bonds is 6. The standard InChI is InChI=1S/C31H31N3O2S/c1-22(24-9-5-3-6-10-24)32-30(36)31(27-11-7-4-8-12-27)17-19-34(20-18-31)29(35)26-15-13-25(14-16-26)28-21-37-23(2)33-28/h3-16,21-22H,17-20H2,1-2H3,(H,32,36). The minimum Gasteiger partial charge on any atom is -0.349 e. The molecule has 1 fully saturated rings. The molecule has 0 saturated carbocycles. The van der Waals surface area contributed by atoms with Gasteiger partial charge in [-0.05, 0) is 49.9 Å². The van der Waals surface area contributed by atoms with Crippen molar-refractivity contribution in [1.82, 2.24) is 15.2 Å². The lowest BCUT2D eigenvalue weighted by Crippen LogP contribution is -2.53. The van der Waals surface area contributed by atoms with Crippen LogP contribution in [0.3, 0.4) is 0 Å². The lowest BCUT2D eigenvalue weighted by Gasteiger charge is -2.41. The summed E-state index contributed by atoms with van der Waals surface area (Å²) in [5.74, 6) is 0.0193.